The summed E-state index contributed by atoms with van der Waals surface area (Å²) < 4.78 is 0. The maximum absolute atomic E-state index is 11.4. The quantitative estimate of drug-likeness (QED) is 0.495. The molecular formula is C11H20ClNO2. The molecule has 3 nitrogen and oxygen atoms in total. The van der Waals surface area contributed by atoms with E-state index >= 15 is 0 Å². The van der Waals surface area contributed by atoms with Crippen LogP contribution in [-0.4, -0.2) is 30.0 Å². The van der Waals surface area contributed by atoms with Crippen molar-refractivity contribution in [2.75, 3.05) is 19.0 Å². The number of unbranched alkanes of at least 4 members (excludes halogenated alkanes) is 1. The van der Waals surface area contributed by atoms with E-state index in [2.05, 4.69) is 5.32 Å². The highest BCUT2D eigenvalue weighted by Gasteiger charge is 2.41. The molecule has 1 rings (SSSR count). The van der Waals surface area contributed by atoms with Crippen molar-refractivity contribution in [2.45, 2.75) is 38.5 Å². The Kier molecular flexibility index (Phi) is 5.40. The predicted octanol–water partition coefficient (Wildman–Crippen LogP) is 1.67. The molecule has 0 aromatic heterocycles. The zero-order chi connectivity index (χ0) is 11.1. The summed E-state index contributed by atoms with van der Waals surface area (Å²) in [4.78, 5) is 11.4. The fourth-order valence-corrected chi connectivity index (χ4v) is 1.87. The zero-order valence-corrected chi connectivity index (χ0v) is 9.85. The molecule has 0 spiro atoms. The number of carbonyl (C=O) groups excluding carboxylic acids is 1. The Balaban J connectivity index is 2.06. The van der Waals surface area contributed by atoms with Gasteiger partial charge in [-0.2, -0.15) is 0 Å². The average Bonchev–Trinajstić information content (AvgIpc) is 2.97. The fraction of sp³-hybridized carbons (Fsp3) is 0.909. The van der Waals surface area contributed by atoms with Crippen LogP contribution in [0.1, 0.15) is 38.5 Å². The van der Waals surface area contributed by atoms with Crippen LogP contribution >= 0.6 is 11.6 Å². The topological polar surface area (TPSA) is 49.3 Å². The molecule has 2 N–H and O–H groups in total. The molecule has 0 atom stereocenters. The highest BCUT2D eigenvalue weighted by atomic mass is 35.5. The minimum Gasteiger partial charge on any atom is -0.396 e. The van der Waals surface area contributed by atoms with Crippen molar-refractivity contribution in [3.63, 3.8) is 0 Å². The second-order valence-electron chi connectivity index (χ2n) is 4.40. The fourth-order valence-electron chi connectivity index (χ4n) is 1.68. The van der Waals surface area contributed by atoms with Crippen LogP contribution in [0.2, 0.25) is 0 Å². The molecule has 0 aromatic rings. The maximum Gasteiger partial charge on any atom is 0.220 e. The summed E-state index contributed by atoms with van der Waals surface area (Å²) in [5, 5.41) is 11.8. The van der Waals surface area contributed by atoms with Gasteiger partial charge in [0.05, 0.1) is 0 Å². The van der Waals surface area contributed by atoms with Crippen molar-refractivity contribution in [1.82, 2.24) is 5.32 Å². The Labute approximate surface area is 96.2 Å². The molecule has 0 heterocycles. The second kappa shape index (κ2) is 6.33. The van der Waals surface area contributed by atoms with Crippen LogP contribution in [0.25, 0.3) is 0 Å². The van der Waals surface area contributed by atoms with Crippen LogP contribution in [0.15, 0.2) is 0 Å². The summed E-state index contributed by atoms with van der Waals surface area (Å²) in [5.74, 6) is 0.742. The molecule has 1 aliphatic carbocycles. The first-order valence-corrected chi connectivity index (χ1v) is 6.19. The van der Waals surface area contributed by atoms with Crippen molar-refractivity contribution in [3.05, 3.63) is 0 Å². The van der Waals surface area contributed by atoms with Gasteiger partial charge in [-0.05, 0) is 37.5 Å². The molecule has 1 amide bonds. The van der Waals surface area contributed by atoms with Crippen LogP contribution in [0.5, 0.6) is 0 Å². The lowest BCUT2D eigenvalue weighted by Crippen LogP contribution is -2.30. The van der Waals surface area contributed by atoms with Crippen molar-refractivity contribution in [2.24, 2.45) is 5.41 Å². The van der Waals surface area contributed by atoms with Crippen LogP contribution in [-0.2, 0) is 4.79 Å². The number of aliphatic hydroxyl groups is 1. The van der Waals surface area contributed by atoms with Crippen LogP contribution in [0, 0.1) is 5.41 Å². The van der Waals surface area contributed by atoms with Gasteiger partial charge >= 0.3 is 0 Å². The van der Waals surface area contributed by atoms with Gasteiger partial charge in [-0.25, -0.2) is 0 Å². The molecule has 0 aromatic carbocycles. The largest absolute Gasteiger partial charge is 0.396 e. The summed E-state index contributed by atoms with van der Waals surface area (Å²) >= 11 is 5.53. The van der Waals surface area contributed by atoms with E-state index in [1.165, 1.54) is 0 Å². The van der Waals surface area contributed by atoms with E-state index in [4.69, 9.17) is 16.7 Å². The SMILES string of the molecule is O=C(CCCCCl)NCC1(CCO)CC1. The highest BCUT2D eigenvalue weighted by molar-refractivity contribution is 6.17. The molecule has 0 unspecified atom stereocenters. The first kappa shape index (κ1) is 12.8. The summed E-state index contributed by atoms with van der Waals surface area (Å²) in [5.41, 5.74) is 0.219. The Morgan fingerprint density at radius 2 is 2.13 bits per heavy atom. The number of aliphatic hydroxyl groups excluding tert-OH is 1. The molecule has 0 bridgehead atoms. The third kappa shape index (κ3) is 4.85. The van der Waals surface area contributed by atoms with Gasteiger partial charge < -0.3 is 10.4 Å². The number of hydrogen-bond donors (Lipinski definition) is 2. The van der Waals surface area contributed by atoms with E-state index in [1.807, 2.05) is 0 Å². The standard InChI is InChI=1S/C11H20ClNO2/c12-7-2-1-3-10(15)13-9-11(4-5-11)6-8-14/h14H,1-9H2,(H,13,15). The van der Waals surface area contributed by atoms with E-state index < -0.39 is 0 Å². The number of amides is 1. The number of alkyl halides is 1. The average molecular weight is 234 g/mol. The summed E-state index contributed by atoms with van der Waals surface area (Å²) in [6.07, 6.45) is 5.42. The number of carbonyl (C=O) groups is 1. The lowest BCUT2D eigenvalue weighted by molar-refractivity contribution is -0.121. The van der Waals surface area contributed by atoms with E-state index in [1.54, 1.807) is 0 Å². The molecule has 1 aliphatic rings. The number of hydrogen-bond acceptors (Lipinski definition) is 2. The van der Waals surface area contributed by atoms with Crippen molar-refractivity contribution >= 4 is 17.5 Å². The minimum absolute atomic E-state index is 0.115. The smallest absolute Gasteiger partial charge is 0.220 e. The Bertz CT molecular complexity index is 205. The molecule has 0 radical (unpaired) electrons. The molecule has 88 valence electrons. The van der Waals surface area contributed by atoms with Gasteiger partial charge in [-0.15, -0.1) is 11.6 Å². The molecule has 0 saturated heterocycles. The van der Waals surface area contributed by atoms with Crippen LogP contribution in [0.4, 0.5) is 0 Å². The Morgan fingerprint density at radius 3 is 2.67 bits per heavy atom. The molecule has 1 saturated carbocycles. The third-order valence-electron chi connectivity index (χ3n) is 3.05. The van der Waals surface area contributed by atoms with Crippen molar-refractivity contribution < 1.29 is 9.90 Å². The van der Waals surface area contributed by atoms with Crippen LogP contribution in [0.3, 0.4) is 0 Å². The van der Waals surface area contributed by atoms with Crippen molar-refractivity contribution in [3.8, 4) is 0 Å². The van der Waals surface area contributed by atoms with Gasteiger partial charge in [-0.3, -0.25) is 4.79 Å². The monoisotopic (exact) mass is 233 g/mol. The number of halogens is 1. The van der Waals surface area contributed by atoms with Gasteiger partial charge in [0.2, 0.25) is 5.91 Å². The zero-order valence-electron chi connectivity index (χ0n) is 9.10. The molecule has 15 heavy (non-hydrogen) atoms. The van der Waals surface area contributed by atoms with Crippen molar-refractivity contribution in [1.29, 1.82) is 0 Å². The highest BCUT2D eigenvalue weighted by Crippen LogP contribution is 2.47. The normalized spacial score (nSPS) is 17.5. The van der Waals surface area contributed by atoms with E-state index in [0.717, 1.165) is 38.6 Å². The summed E-state index contributed by atoms with van der Waals surface area (Å²) in [7, 11) is 0. The number of rotatable bonds is 8. The third-order valence-corrected chi connectivity index (χ3v) is 3.31. The Morgan fingerprint density at radius 1 is 1.40 bits per heavy atom. The maximum atomic E-state index is 11.4. The second-order valence-corrected chi connectivity index (χ2v) is 4.77. The Hall–Kier alpha value is -0.280. The first-order chi connectivity index (χ1) is 7.22. The van der Waals surface area contributed by atoms with Gasteiger partial charge in [-0.1, -0.05) is 0 Å². The predicted molar refractivity (Wildman–Crippen MR) is 61.0 cm³/mol. The minimum atomic E-state index is 0.115. The summed E-state index contributed by atoms with van der Waals surface area (Å²) in [6, 6.07) is 0. The number of nitrogens with one attached hydrogen (secondary N) is 1. The van der Waals surface area contributed by atoms with Gasteiger partial charge in [0.25, 0.3) is 0 Å². The molecule has 4 heteroatoms. The molecular weight excluding hydrogens is 214 g/mol. The van der Waals surface area contributed by atoms with Gasteiger partial charge in [0, 0.05) is 25.5 Å². The van der Waals surface area contributed by atoms with Gasteiger partial charge in [0.1, 0.15) is 0 Å². The first-order valence-electron chi connectivity index (χ1n) is 5.66. The van der Waals surface area contributed by atoms with E-state index in [0.29, 0.717) is 12.3 Å². The lowest BCUT2D eigenvalue weighted by Gasteiger charge is -2.14. The van der Waals surface area contributed by atoms with Gasteiger partial charge in [0.15, 0.2) is 0 Å². The lowest BCUT2D eigenvalue weighted by atomic mass is 10.0. The molecule has 0 aliphatic heterocycles. The van der Waals surface area contributed by atoms with Crippen LogP contribution < -0.4 is 5.32 Å². The molecule has 1 fully saturated rings. The van der Waals surface area contributed by atoms with E-state index in [9.17, 15) is 4.79 Å². The summed E-state index contributed by atoms with van der Waals surface area (Å²) in [6.45, 7) is 0.954. The van der Waals surface area contributed by atoms with E-state index in [-0.39, 0.29) is 17.9 Å².